The van der Waals surface area contributed by atoms with Gasteiger partial charge in [-0.2, -0.15) is 0 Å². The molecule has 2 aromatic carbocycles. The first kappa shape index (κ1) is 14.2. The highest BCUT2D eigenvalue weighted by atomic mass is 32.2. The van der Waals surface area contributed by atoms with Crippen molar-refractivity contribution in [3.05, 3.63) is 73.1 Å². The lowest BCUT2D eigenvalue weighted by Crippen LogP contribution is -2.01. The van der Waals surface area contributed by atoms with Crippen LogP contribution >= 0.6 is 0 Å². The van der Waals surface area contributed by atoms with E-state index in [0.29, 0.717) is 5.75 Å². The predicted octanol–water partition coefficient (Wildman–Crippen LogP) is 3.10. The first-order chi connectivity index (χ1) is 10.7. The first-order valence-corrected chi connectivity index (χ1v) is 8.00. The van der Waals surface area contributed by atoms with Crippen LogP contribution in [0.25, 0.3) is 0 Å². The summed E-state index contributed by atoms with van der Waals surface area (Å²) in [4.78, 5) is 8.35. The molecule has 0 atom stereocenters. The number of sulfone groups is 1. The van der Waals surface area contributed by atoms with E-state index in [1.54, 1.807) is 60.9 Å². The standard InChI is InChI=1S/C16H12N2O3S/c19-22(20,14-5-2-1-3-6-14)15-9-7-13(8-10-15)21-16-17-11-4-12-18-16/h1-12H. The molecule has 3 rings (SSSR count). The SMILES string of the molecule is O=S(=O)(c1ccccc1)c1ccc(Oc2ncccn2)cc1. The van der Waals surface area contributed by atoms with Crippen LogP contribution in [0.15, 0.2) is 82.8 Å². The van der Waals surface area contributed by atoms with E-state index in [4.69, 9.17) is 4.74 Å². The molecule has 0 bridgehead atoms. The number of hydrogen-bond donors (Lipinski definition) is 0. The highest BCUT2D eigenvalue weighted by molar-refractivity contribution is 7.91. The van der Waals surface area contributed by atoms with Crippen molar-refractivity contribution in [1.82, 2.24) is 9.97 Å². The third-order valence-electron chi connectivity index (χ3n) is 2.94. The van der Waals surface area contributed by atoms with Crippen molar-refractivity contribution in [3.63, 3.8) is 0 Å². The summed E-state index contributed by atoms with van der Waals surface area (Å²) in [6.45, 7) is 0. The van der Waals surface area contributed by atoms with Crippen LogP contribution in [0, 0.1) is 0 Å². The maximum absolute atomic E-state index is 12.4. The second-order valence-corrected chi connectivity index (χ2v) is 6.37. The van der Waals surface area contributed by atoms with Gasteiger partial charge in [-0.25, -0.2) is 18.4 Å². The lowest BCUT2D eigenvalue weighted by atomic mass is 10.3. The predicted molar refractivity (Wildman–Crippen MR) is 80.4 cm³/mol. The Morgan fingerprint density at radius 2 is 1.32 bits per heavy atom. The van der Waals surface area contributed by atoms with E-state index in [0.717, 1.165) is 0 Å². The fourth-order valence-electron chi connectivity index (χ4n) is 1.87. The molecule has 0 amide bonds. The van der Waals surface area contributed by atoms with Crippen LogP contribution in [-0.2, 0) is 9.84 Å². The van der Waals surface area contributed by atoms with Crippen LogP contribution in [0.2, 0.25) is 0 Å². The molecule has 1 heterocycles. The maximum atomic E-state index is 12.4. The van der Waals surface area contributed by atoms with Crippen LogP contribution in [0.1, 0.15) is 0 Å². The Kier molecular flexibility index (Phi) is 3.84. The van der Waals surface area contributed by atoms with Gasteiger partial charge >= 0.3 is 6.01 Å². The molecular formula is C16H12N2O3S. The summed E-state index contributed by atoms with van der Waals surface area (Å²) in [7, 11) is -3.52. The van der Waals surface area contributed by atoms with Gasteiger partial charge in [0.25, 0.3) is 0 Å². The van der Waals surface area contributed by atoms with Crippen LogP contribution in [0.4, 0.5) is 0 Å². The minimum Gasteiger partial charge on any atom is -0.424 e. The molecule has 0 spiro atoms. The van der Waals surface area contributed by atoms with Gasteiger partial charge < -0.3 is 4.74 Å². The Hall–Kier alpha value is -2.73. The highest BCUT2D eigenvalue weighted by Gasteiger charge is 2.17. The van der Waals surface area contributed by atoms with Crippen molar-refractivity contribution in [2.24, 2.45) is 0 Å². The Morgan fingerprint density at radius 3 is 1.95 bits per heavy atom. The molecule has 22 heavy (non-hydrogen) atoms. The molecule has 0 aliphatic heterocycles. The molecule has 0 saturated heterocycles. The van der Waals surface area contributed by atoms with Crippen LogP contribution in [-0.4, -0.2) is 18.4 Å². The van der Waals surface area contributed by atoms with Crippen LogP contribution < -0.4 is 4.74 Å². The summed E-state index contributed by atoms with van der Waals surface area (Å²) in [6.07, 6.45) is 3.13. The van der Waals surface area contributed by atoms with E-state index in [2.05, 4.69) is 9.97 Å². The fourth-order valence-corrected chi connectivity index (χ4v) is 3.15. The molecule has 5 nitrogen and oxygen atoms in total. The van der Waals surface area contributed by atoms with Crippen molar-refractivity contribution in [2.45, 2.75) is 9.79 Å². The molecule has 3 aromatic rings. The van der Waals surface area contributed by atoms with Crippen molar-refractivity contribution < 1.29 is 13.2 Å². The molecular weight excluding hydrogens is 300 g/mol. The molecule has 1 aromatic heterocycles. The lowest BCUT2D eigenvalue weighted by molar-refractivity contribution is 0.441. The largest absolute Gasteiger partial charge is 0.424 e. The van der Waals surface area contributed by atoms with Gasteiger partial charge in [0.15, 0.2) is 0 Å². The monoisotopic (exact) mass is 312 g/mol. The Balaban J connectivity index is 1.86. The quantitative estimate of drug-likeness (QED) is 0.740. The topological polar surface area (TPSA) is 69.2 Å². The van der Waals surface area contributed by atoms with E-state index < -0.39 is 9.84 Å². The number of ether oxygens (including phenoxy) is 1. The summed E-state index contributed by atoms with van der Waals surface area (Å²) < 4.78 is 30.3. The molecule has 6 heteroatoms. The van der Waals surface area contributed by atoms with Gasteiger partial charge in [-0.3, -0.25) is 0 Å². The fraction of sp³-hybridized carbons (Fsp3) is 0. The molecule has 0 radical (unpaired) electrons. The van der Waals surface area contributed by atoms with Crippen molar-refractivity contribution in [2.75, 3.05) is 0 Å². The van der Waals surface area contributed by atoms with Gasteiger partial charge in [-0.05, 0) is 42.5 Å². The van der Waals surface area contributed by atoms with Gasteiger partial charge in [-0.15, -0.1) is 0 Å². The normalized spacial score (nSPS) is 11.1. The van der Waals surface area contributed by atoms with Gasteiger partial charge in [-0.1, -0.05) is 18.2 Å². The average molecular weight is 312 g/mol. The van der Waals surface area contributed by atoms with E-state index in [-0.39, 0.29) is 15.8 Å². The summed E-state index contributed by atoms with van der Waals surface area (Å²) in [5.74, 6) is 0.471. The maximum Gasteiger partial charge on any atom is 0.321 e. The van der Waals surface area contributed by atoms with Crippen LogP contribution in [0.3, 0.4) is 0 Å². The van der Waals surface area contributed by atoms with E-state index in [1.807, 2.05) is 0 Å². The van der Waals surface area contributed by atoms with E-state index in [9.17, 15) is 8.42 Å². The van der Waals surface area contributed by atoms with E-state index in [1.165, 1.54) is 12.1 Å². The average Bonchev–Trinajstić information content (AvgIpc) is 2.57. The molecule has 0 saturated carbocycles. The zero-order valence-electron chi connectivity index (χ0n) is 11.5. The second-order valence-electron chi connectivity index (χ2n) is 4.42. The smallest absolute Gasteiger partial charge is 0.321 e. The molecule has 0 N–H and O–H groups in total. The number of nitrogens with zero attached hydrogens (tertiary/aromatic N) is 2. The summed E-state index contributed by atoms with van der Waals surface area (Å²) in [5.41, 5.74) is 0. The number of benzene rings is 2. The third-order valence-corrected chi connectivity index (χ3v) is 4.72. The summed E-state index contributed by atoms with van der Waals surface area (Å²) in [5, 5.41) is 0. The minimum atomic E-state index is -3.52. The van der Waals surface area contributed by atoms with Gasteiger partial charge in [0.1, 0.15) is 5.75 Å². The number of aromatic nitrogens is 2. The highest BCUT2D eigenvalue weighted by Crippen LogP contribution is 2.24. The van der Waals surface area contributed by atoms with Crippen molar-refractivity contribution in [3.8, 4) is 11.8 Å². The Morgan fingerprint density at radius 1 is 0.727 bits per heavy atom. The molecule has 0 fully saturated rings. The minimum absolute atomic E-state index is 0.208. The zero-order chi connectivity index (χ0) is 15.4. The first-order valence-electron chi connectivity index (χ1n) is 6.51. The summed E-state index contributed by atoms with van der Waals surface area (Å²) in [6, 6.07) is 16.3. The summed E-state index contributed by atoms with van der Waals surface area (Å²) >= 11 is 0. The Labute approximate surface area is 128 Å². The second kappa shape index (κ2) is 5.95. The number of rotatable bonds is 4. The van der Waals surface area contributed by atoms with Crippen molar-refractivity contribution in [1.29, 1.82) is 0 Å². The van der Waals surface area contributed by atoms with Gasteiger partial charge in [0, 0.05) is 12.4 Å². The molecule has 110 valence electrons. The zero-order valence-corrected chi connectivity index (χ0v) is 12.3. The molecule has 0 aliphatic rings. The number of hydrogen-bond acceptors (Lipinski definition) is 5. The van der Waals surface area contributed by atoms with Gasteiger partial charge in [0.05, 0.1) is 9.79 Å². The van der Waals surface area contributed by atoms with Crippen LogP contribution in [0.5, 0.6) is 11.8 Å². The lowest BCUT2D eigenvalue weighted by Gasteiger charge is -2.06. The molecule has 0 unspecified atom stereocenters. The third kappa shape index (κ3) is 2.96. The Bertz CT molecular complexity index is 849. The van der Waals surface area contributed by atoms with Crippen molar-refractivity contribution >= 4 is 9.84 Å². The molecule has 0 aliphatic carbocycles. The van der Waals surface area contributed by atoms with Gasteiger partial charge in [0.2, 0.25) is 9.84 Å². The van der Waals surface area contributed by atoms with E-state index >= 15 is 0 Å².